The first-order valence-corrected chi connectivity index (χ1v) is 6.04. The van der Waals surface area contributed by atoms with Crippen LogP contribution in [0.5, 0.6) is 0 Å². The Bertz CT molecular complexity index is 685. The molecule has 1 aromatic carbocycles. The number of ketones is 1. The first-order chi connectivity index (χ1) is 8.27. The van der Waals surface area contributed by atoms with Gasteiger partial charge in [-0.1, -0.05) is 6.07 Å². The molecule has 0 radical (unpaired) electrons. The third kappa shape index (κ3) is 1.57. The number of fused-ring (bicyclic) bond motifs is 1. The molecule has 84 valence electrons. The van der Waals surface area contributed by atoms with Crippen molar-refractivity contribution in [3.63, 3.8) is 0 Å². The van der Waals surface area contributed by atoms with Crippen molar-refractivity contribution < 1.29 is 9.18 Å². The van der Waals surface area contributed by atoms with Gasteiger partial charge in [0.1, 0.15) is 5.82 Å². The van der Waals surface area contributed by atoms with Crippen LogP contribution in [0.1, 0.15) is 15.9 Å². The largest absolute Gasteiger partial charge is 0.360 e. The Hall–Kier alpha value is -1.94. The normalized spacial score (nSPS) is 10.9. The molecule has 0 aliphatic heterocycles. The summed E-state index contributed by atoms with van der Waals surface area (Å²) in [5.74, 6) is -0.523. The zero-order chi connectivity index (χ0) is 11.8. The van der Waals surface area contributed by atoms with E-state index in [2.05, 4.69) is 4.98 Å². The van der Waals surface area contributed by atoms with Crippen LogP contribution in [0.25, 0.3) is 10.9 Å². The van der Waals surface area contributed by atoms with E-state index < -0.39 is 0 Å². The number of aromatic amines is 1. The average Bonchev–Trinajstić information content (AvgIpc) is 2.98. The Morgan fingerprint density at radius 2 is 2.18 bits per heavy atom. The molecule has 0 aliphatic carbocycles. The highest BCUT2D eigenvalue weighted by Crippen LogP contribution is 2.24. The predicted octanol–water partition coefficient (Wildman–Crippen LogP) is 3.60. The van der Waals surface area contributed by atoms with Crippen LogP contribution in [0.4, 0.5) is 4.39 Å². The molecule has 0 saturated heterocycles. The summed E-state index contributed by atoms with van der Waals surface area (Å²) >= 11 is 1.45. The molecule has 17 heavy (non-hydrogen) atoms. The van der Waals surface area contributed by atoms with Crippen LogP contribution in [0.15, 0.2) is 41.2 Å². The Balaban J connectivity index is 2.22. The van der Waals surface area contributed by atoms with Crippen molar-refractivity contribution in [2.45, 2.75) is 0 Å². The molecule has 0 unspecified atom stereocenters. The topological polar surface area (TPSA) is 32.9 Å². The van der Waals surface area contributed by atoms with E-state index in [1.165, 1.54) is 17.4 Å². The van der Waals surface area contributed by atoms with Crippen LogP contribution in [0.2, 0.25) is 0 Å². The van der Waals surface area contributed by atoms with Gasteiger partial charge >= 0.3 is 0 Å². The molecular weight excluding hydrogens is 237 g/mol. The monoisotopic (exact) mass is 245 g/mol. The lowest BCUT2D eigenvalue weighted by molar-refractivity contribution is 0.104. The van der Waals surface area contributed by atoms with Crippen LogP contribution in [-0.2, 0) is 0 Å². The molecular formula is C13H8FNOS. The second-order valence-corrected chi connectivity index (χ2v) is 4.49. The zero-order valence-corrected chi connectivity index (χ0v) is 9.55. The second-order valence-electron chi connectivity index (χ2n) is 3.71. The summed E-state index contributed by atoms with van der Waals surface area (Å²) in [5.41, 5.74) is 1.62. The lowest BCUT2D eigenvalue weighted by Gasteiger charge is -1.97. The smallest absolute Gasteiger partial charge is 0.196 e. The lowest BCUT2D eigenvalue weighted by Crippen LogP contribution is -1.98. The fourth-order valence-corrected chi connectivity index (χ4v) is 2.50. The molecule has 0 amide bonds. The Labute approximate surface area is 101 Å². The number of hydrogen-bond donors (Lipinski definition) is 1. The molecule has 4 heteroatoms. The third-order valence-corrected chi connectivity index (χ3v) is 3.37. The molecule has 0 atom stereocenters. The summed E-state index contributed by atoms with van der Waals surface area (Å²) in [6.45, 7) is 0. The van der Waals surface area contributed by atoms with E-state index in [0.717, 1.165) is 0 Å². The van der Waals surface area contributed by atoms with Crippen molar-refractivity contribution in [1.29, 1.82) is 0 Å². The molecule has 0 aliphatic rings. The number of rotatable bonds is 2. The maximum atomic E-state index is 13.7. The van der Waals surface area contributed by atoms with Crippen molar-refractivity contribution in [2.24, 2.45) is 0 Å². The number of halogens is 1. The van der Waals surface area contributed by atoms with Crippen LogP contribution >= 0.6 is 11.3 Å². The average molecular weight is 245 g/mol. The molecule has 0 saturated carbocycles. The minimum atomic E-state index is -0.373. The van der Waals surface area contributed by atoms with Gasteiger partial charge in [-0.2, -0.15) is 11.3 Å². The number of hydrogen-bond acceptors (Lipinski definition) is 2. The number of carbonyl (C=O) groups excluding carboxylic acids is 1. The van der Waals surface area contributed by atoms with E-state index in [1.54, 1.807) is 29.8 Å². The summed E-state index contributed by atoms with van der Waals surface area (Å²) in [7, 11) is 0. The minimum absolute atomic E-state index is 0.150. The number of H-pyrrole nitrogens is 1. The maximum absolute atomic E-state index is 13.7. The summed E-state index contributed by atoms with van der Waals surface area (Å²) in [4.78, 5) is 15.1. The predicted molar refractivity (Wildman–Crippen MR) is 66.0 cm³/mol. The van der Waals surface area contributed by atoms with Gasteiger partial charge in [-0.15, -0.1) is 0 Å². The molecule has 2 nitrogen and oxygen atoms in total. The van der Waals surface area contributed by atoms with Crippen LogP contribution in [-0.4, -0.2) is 10.8 Å². The molecule has 3 aromatic rings. The highest BCUT2D eigenvalue weighted by Gasteiger charge is 2.16. The fraction of sp³-hybridized carbons (Fsp3) is 0. The molecule has 3 rings (SSSR count). The molecule has 2 heterocycles. The summed E-state index contributed by atoms with van der Waals surface area (Å²) in [6, 6.07) is 6.48. The van der Waals surface area contributed by atoms with Crippen LogP contribution in [0.3, 0.4) is 0 Å². The van der Waals surface area contributed by atoms with E-state index in [1.807, 2.05) is 5.38 Å². The third-order valence-electron chi connectivity index (χ3n) is 2.68. The summed E-state index contributed by atoms with van der Waals surface area (Å²) < 4.78 is 13.7. The quantitative estimate of drug-likeness (QED) is 0.687. The first kappa shape index (κ1) is 10.2. The van der Waals surface area contributed by atoms with Crippen molar-refractivity contribution in [2.75, 3.05) is 0 Å². The van der Waals surface area contributed by atoms with Crippen LogP contribution < -0.4 is 0 Å². The fourth-order valence-electron chi connectivity index (χ4n) is 1.87. The molecule has 0 fully saturated rings. The molecule has 0 bridgehead atoms. The number of carbonyl (C=O) groups is 1. The molecule has 2 aromatic heterocycles. The van der Waals surface area contributed by atoms with Crippen molar-refractivity contribution in [3.05, 3.63) is 58.2 Å². The second kappa shape index (κ2) is 3.82. The van der Waals surface area contributed by atoms with Gasteiger partial charge in [0.15, 0.2) is 5.78 Å². The van der Waals surface area contributed by atoms with Gasteiger partial charge in [0.25, 0.3) is 0 Å². The summed E-state index contributed by atoms with van der Waals surface area (Å²) in [6.07, 6.45) is 1.56. The Kier molecular flexibility index (Phi) is 2.30. The van der Waals surface area contributed by atoms with E-state index in [9.17, 15) is 9.18 Å². The van der Waals surface area contributed by atoms with Gasteiger partial charge in [0, 0.05) is 28.0 Å². The lowest BCUT2D eigenvalue weighted by atomic mass is 10.1. The highest BCUT2D eigenvalue weighted by atomic mass is 32.1. The Morgan fingerprint density at radius 3 is 2.94 bits per heavy atom. The van der Waals surface area contributed by atoms with Gasteiger partial charge in [-0.05, 0) is 23.6 Å². The number of thiophene rings is 1. The van der Waals surface area contributed by atoms with Gasteiger partial charge in [-0.25, -0.2) is 4.39 Å². The van der Waals surface area contributed by atoms with Gasteiger partial charge in [0.2, 0.25) is 0 Å². The minimum Gasteiger partial charge on any atom is -0.360 e. The number of benzene rings is 1. The number of nitrogens with one attached hydrogen (secondary N) is 1. The molecule has 1 N–H and O–H groups in total. The van der Waals surface area contributed by atoms with E-state index >= 15 is 0 Å². The zero-order valence-electron chi connectivity index (χ0n) is 8.74. The van der Waals surface area contributed by atoms with Crippen molar-refractivity contribution in [3.8, 4) is 0 Å². The highest BCUT2D eigenvalue weighted by molar-refractivity contribution is 7.08. The van der Waals surface area contributed by atoms with Gasteiger partial charge < -0.3 is 4.98 Å². The SMILES string of the molecule is O=C(c1ccsc1)c1c[nH]c2cccc(F)c12. The van der Waals surface area contributed by atoms with E-state index in [4.69, 9.17) is 0 Å². The summed E-state index contributed by atoms with van der Waals surface area (Å²) in [5, 5.41) is 3.96. The van der Waals surface area contributed by atoms with E-state index in [-0.39, 0.29) is 11.6 Å². The van der Waals surface area contributed by atoms with Gasteiger partial charge in [0.05, 0.1) is 5.56 Å². The van der Waals surface area contributed by atoms with Crippen molar-refractivity contribution >= 4 is 28.0 Å². The van der Waals surface area contributed by atoms with Crippen molar-refractivity contribution in [1.82, 2.24) is 4.98 Å². The standard InChI is InChI=1S/C13H8FNOS/c14-10-2-1-3-11-12(10)9(6-15-11)13(16)8-4-5-17-7-8/h1-7,15H. The Morgan fingerprint density at radius 1 is 1.29 bits per heavy atom. The maximum Gasteiger partial charge on any atom is 0.196 e. The van der Waals surface area contributed by atoms with Gasteiger partial charge in [-0.3, -0.25) is 4.79 Å². The first-order valence-electron chi connectivity index (χ1n) is 5.10. The molecule has 0 spiro atoms. The van der Waals surface area contributed by atoms with E-state index in [0.29, 0.717) is 22.0 Å². The number of aromatic nitrogens is 1. The van der Waals surface area contributed by atoms with Crippen LogP contribution in [0, 0.1) is 5.82 Å².